The van der Waals surface area contributed by atoms with Gasteiger partial charge in [0.05, 0.1) is 5.69 Å². The lowest BCUT2D eigenvalue weighted by Gasteiger charge is -2.19. The fraction of sp³-hybridized carbons (Fsp3) is 0.636. The lowest BCUT2D eigenvalue weighted by Crippen LogP contribution is -2.05. The predicted octanol–water partition coefficient (Wildman–Crippen LogP) is 2.28. The number of hydrogen-bond donors (Lipinski definition) is 0. The van der Waals surface area contributed by atoms with Crippen molar-refractivity contribution in [3.8, 4) is 0 Å². The van der Waals surface area contributed by atoms with Crippen LogP contribution in [0.3, 0.4) is 0 Å². The van der Waals surface area contributed by atoms with Crippen molar-refractivity contribution >= 4 is 6.29 Å². The summed E-state index contributed by atoms with van der Waals surface area (Å²) in [5.74, 6) is 0.587. The van der Waals surface area contributed by atoms with Gasteiger partial charge in [0.1, 0.15) is 5.69 Å². The summed E-state index contributed by atoms with van der Waals surface area (Å²) < 4.78 is 1.68. The molecule has 0 amide bonds. The molecule has 0 aromatic carbocycles. The molecule has 14 heavy (non-hydrogen) atoms. The molecular formula is C11H16N2O. The minimum atomic E-state index is 0.587. The molecule has 0 aliphatic heterocycles. The molecule has 1 aromatic heterocycles. The molecule has 76 valence electrons. The van der Waals surface area contributed by atoms with Gasteiger partial charge in [-0.05, 0) is 18.9 Å². The highest BCUT2D eigenvalue weighted by molar-refractivity contribution is 5.72. The summed E-state index contributed by atoms with van der Waals surface area (Å²) in [7, 11) is 1.83. The first-order chi connectivity index (χ1) is 6.81. The summed E-state index contributed by atoms with van der Waals surface area (Å²) in [5, 5.41) is 4.39. The van der Waals surface area contributed by atoms with Crippen LogP contribution in [-0.4, -0.2) is 16.1 Å². The lowest BCUT2D eigenvalue weighted by atomic mass is 9.87. The summed E-state index contributed by atoms with van der Waals surface area (Å²) >= 11 is 0. The van der Waals surface area contributed by atoms with E-state index in [0.29, 0.717) is 11.6 Å². The minimum Gasteiger partial charge on any atom is -0.296 e. The molecule has 0 spiro atoms. The number of hydrogen-bond acceptors (Lipinski definition) is 2. The van der Waals surface area contributed by atoms with E-state index < -0.39 is 0 Å². The maximum absolute atomic E-state index is 10.7. The summed E-state index contributed by atoms with van der Waals surface area (Å²) in [6, 6.07) is 1.93. The molecule has 0 unspecified atom stereocenters. The molecule has 1 aromatic rings. The highest BCUT2D eigenvalue weighted by Gasteiger charge is 2.18. The molecule has 1 fully saturated rings. The normalized spacial score (nSPS) is 18.4. The van der Waals surface area contributed by atoms with Crippen molar-refractivity contribution < 1.29 is 4.79 Å². The Kier molecular flexibility index (Phi) is 2.66. The second-order valence-corrected chi connectivity index (χ2v) is 4.07. The minimum absolute atomic E-state index is 0.587. The fourth-order valence-electron chi connectivity index (χ4n) is 2.21. The fourth-order valence-corrected chi connectivity index (χ4v) is 2.21. The molecule has 1 aliphatic rings. The zero-order chi connectivity index (χ0) is 9.97. The maximum atomic E-state index is 10.7. The van der Waals surface area contributed by atoms with E-state index in [-0.39, 0.29) is 0 Å². The monoisotopic (exact) mass is 192 g/mol. The molecule has 1 aliphatic carbocycles. The summed E-state index contributed by atoms with van der Waals surface area (Å²) in [4.78, 5) is 10.7. The van der Waals surface area contributed by atoms with Gasteiger partial charge >= 0.3 is 0 Å². The number of carbonyl (C=O) groups excluding carboxylic acids is 1. The van der Waals surface area contributed by atoms with Crippen molar-refractivity contribution in [2.45, 2.75) is 38.0 Å². The standard InChI is InChI=1S/C11H16N2O/c1-13-10(8-14)7-11(12-13)9-5-3-2-4-6-9/h7-9H,2-6H2,1H3. The van der Waals surface area contributed by atoms with Gasteiger partial charge in [0.25, 0.3) is 0 Å². The van der Waals surface area contributed by atoms with Crippen molar-refractivity contribution in [2.75, 3.05) is 0 Å². The number of carbonyl (C=O) groups is 1. The molecule has 2 rings (SSSR count). The highest BCUT2D eigenvalue weighted by Crippen LogP contribution is 2.31. The van der Waals surface area contributed by atoms with E-state index in [1.165, 1.54) is 32.1 Å². The van der Waals surface area contributed by atoms with Gasteiger partial charge in [0.2, 0.25) is 0 Å². The molecule has 0 atom stereocenters. The third-order valence-corrected chi connectivity index (χ3v) is 3.08. The SMILES string of the molecule is Cn1nc(C2CCCCC2)cc1C=O. The van der Waals surface area contributed by atoms with E-state index >= 15 is 0 Å². The van der Waals surface area contributed by atoms with Crippen LogP contribution in [-0.2, 0) is 7.05 Å². The number of nitrogens with zero attached hydrogens (tertiary/aromatic N) is 2. The summed E-state index contributed by atoms with van der Waals surface area (Å²) in [5.41, 5.74) is 1.79. The average Bonchev–Trinajstić information content (AvgIpc) is 2.61. The van der Waals surface area contributed by atoms with E-state index in [9.17, 15) is 4.79 Å². The Labute approximate surface area is 84.1 Å². The molecular weight excluding hydrogens is 176 g/mol. The van der Waals surface area contributed by atoms with E-state index in [0.717, 1.165) is 12.0 Å². The van der Waals surface area contributed by atoms with Gasteiger partial charge in [0, 0.05) is 13.0 Å². The Morgan fingerprint density at radius 1 is 1.43 bits per heavy atom. The second kappa shape index (κ2) is 3.95. The Morgan fingerprint density at radius 2 is 2.14 bits per heavy atom. The van der Waals surface area contributed by atoms with E-state index in [2.05, 4.69) is 5.10 Å². The van der Waals surface area contributed by atoms with Gasteiger partial charge in [-0.15, -0.1) is 0 Å². The molecule has 1 heterocycles. The lowest BCUT2D eigenvalue weighted by molar-refractivity contribution is 0.111. The van der Waals surface area contributed by atoms with Crippen LogP contribution in [0.5, 0.6) is 0 Å². The van der Waals surface area contributed by atoms with Crippen molar-refractivity contribution in [2.24, 2.45) is 7.05 Å². The first-order valence-corrected chi connectivity index (χ1v) is 5.30. The Morgan fingerprint density at radius 3 is 2.71 bits per heavy atom. The molecule has 0 N–H and O–H groups in total. The first-order valence-electron chi connectivity index (χ1n) is 5.30. The van der Waals surface area contributed by atoms with Crippen LogP contribution in [0.25, 0.3) is 0 Å². The van der Waals surface area contributed by atoms with Crippen molar-refractivity contribution in [1.82, 2.24) is 9.78 Å². The van der Waals surface area contributed by atoms with Crippen LogP contribution in [0.1, 0.15) is 54.2 Å². The quantitative estimate of drug-likeness (QED) is 0.674. The van der Waals surface area contributed by atoms with Crippen molar-refractivity contribution in [3.05, 3.63) is 17.5 Å². The number of aromatic nitrogens is 2. The zero-order valence-corrected chi connectivity index (χ0v) is 8.57. The maximum Gasteiger partial charge on any atom is 0.168 e. The van der Waals surface area contributed by atoms with Gasteiger partial charge in [-0.3, -0.25) is 9.48 Å². The van der Waals surface area contributed by atoms with Crippen LogP contribution in [0.15, 0.2) is 6.07 Å². The highest BCUT2D eigenvalue weighted by atomic mass is 16.1. The van der Waals surface area contributed by atoms with Gasteiger partial charge in [0.15, 0.2) is 6.29 Å². The van der Waals surface area contributed by atoms with Crippen LogP contribution in [0.4, 0.5) is 0 Å². The van der Waals surface area contributed by atoms with E-state index in [1.807, 2.05) is 13.1 Å². The molecule has 3 nitrogen and oxygen atoms in total. The average molecular weight is 192 g/mol. The van der Waals surface area contributed by atoms with Gasteiger partial charge in [-0.2, -0.15) is 5.10 Å². The Bertz CT molecular complexity index is 324. The Hall–Kier alpha value is -1.12. The number of rotatable bonds is 2. The van der Waals surface area contributed by atoms with Gasteiger partial charge < -0.3 is 0 Å². The molecule has 3 heteroatoms. The van der Waals surface area contributed by atoms with Crippen LogP contribution in [0.2, 0.25) is 0 Å². The predicted molar refractivity (Wildman–Crippen MR) is 54.4 cm³/mol. The van der Waals surface area contributed by atoms with Crippen molar-refractivity contribution in [1.29, 1.82) is 0 Å². The summed E-state index contributed by atoms with van der Waals surface area (Å²) in [6.07, 6.45) is 7.29. The van der Waals surface area contributed by atoms with Crippen LogP contribution in [0, 0.1) is 0 Å². The third-order valence-electron chi connectivity index (χ3n) is 3.08. The number of aldehydes is 1. The van der Waals surface area contributed by atoms with Crippen LogP contribution < -0.4 is 0 Å². The largest absolute Gasteiger partial charge is 0.296 e. The smallest absolute Gasteiger partial charge is 0.168 e. The molecule has 0 saturated heterocycles. The van der Waals surface area contributed by atoms with Crippen molar-refractivity contribution in [3.63, 3.8) is 0 Å². The summed E-state index contributed by atoms with van der Waals surface area (Å²) in [6.45, 7) is 0. The van der Waals surface area contributed by atoms with Gasteiger partial charge in [-0.1, -0.05) is 19.3 Å². The third kappa shape index (κ3) is 1.72. The molecule has 1 saturated carbocycles. The molecule has 0 radical (unpaired) electrons. The van der Waals surface area contributed by atoms with Gasteiger partial charge in [-0.25, -0.2) is 0 Å². The Balaban J connectivity index is 2.18. The first kappa shape index (κ1) is 9.44. The van der Waals surface area contributed by atoms with Crippen LogP contribution >= 0.6 is 0 Å². The zero-order valence-electron chi connectivity index (χ0n) is 8.57. The van der Waals surface area contributed by atoms with E-state index in [1.54, 1.807) is 4.68 Å². The number of aryl methyl sites for hydroxylation is 1. The van der Waals surface area contributed by atoms with E-state index in [4.69, 9.17) is 0 Å². The molecule has 0 bridgehead atoms. The topological polar surface area (TPSA) is 34.9 Å². The second-order valence-electron chi connectivity index (χ2n) is 4.07.